The molecule has 10 heterocycles. The number of alkyl halides is 2. The number of piperidine rings is 5. The van der Waals surface area contributed by atoms with E-state index in [2.05, 4.69) is 128 Å². The number of carbonyl (C=O) groups is 10. The van der Waals surface area contributed by atoms with E-state index in [1.54, 1.807) is 30.5 Å². The van der Waals surface area contributed by atoms with E-state index in [9.17, 15) is 47.9 Å². The second-order valence-electron chi connectivity index (χ2n) is 35.7. The molecule has 734 valence electrons. The fourth-order valence-corrected chi connectivity index (χ4v) is 18.2. The van der Waals surface area contributed by atoms with E-state index < -0.39 is 34.3 Å². The summed E-state index contributed by atoms with van der Waals surface area (Å²) in [6, 6.07) is 61.3. The largest absolute Gasteiger partial charge is 0.475 e. The number of nitrogens with zero attached hydrogens (tertiary/aromatic N) is 5. The summed E-state index contributed by atoms with van der Waals surface area (Å²) in [5.74, 6) is -1.92. The third kappa shape index (κ3) is 35.6. The van der Waals surface area contributed by atoms with E-state index in [1.807, 2.05) is 126 Å². The van der Waals surface area contributed by atoms with E-state index in [0.29, 0.717) is 99.3 Å². The van der Waals surface area contributed by atoms with Gasteiger partial charge in [-0.1, -0.05) is 20.8 Å². The second-order valence-corrected chi connectivity index (χ2v) is 36.9. The summed E-state index contributed by atoms with van der Waals surface area (Å²) in [6.45, 7) is 25.0. The Morgan fingerprint density at radius 1 is 0.393 bits per heavy atom. The van der Waals surface area contributed by atoms with Crippen LogP contribution in [-0.2, 0) is 171 Å². The van der Waals surface area contributed by atoms with Crippen LogP contribution in [-0.4, -0.2) is 218 Å². The first-order chi connectivity index (χ1) is 65.2. The number of carboxylic acids is 1. The van der Waals surface area contributed by atoms with Crippen LogP contribution >= 0.6 is 34.8 Å². The summed E-state index contributed by atoms with van der Waals surface area (Å²) in [5.41, 5.74) is 20.1. The number of benzene rings is 8. The van der Waals surface area contributed by atoms with Crippen LogP contribution in [0.15, 0.2) is 176 Å². The summed E-state index contributed by atoms with van der Waals surface area (Å²) in [5, 5.41) is 17.5. The molecule has 6 fully saturated rings. The molecule has 6 saturated heterocycles. The number of fused-ring (bicyclic) bond motifs is 4. The molecule has 4 amide bonds. The Kier molecular flexibility index (Phi) is 54.3. The third-order valence-electron chi connectivity index (χ3n) is 26.0. The standard InChI is InChI=1S/C25H25N2O3.C24H22ClN2O3.C24H23N2O4.C22H23N2O.C5H12N2.C5H11N.C3H9N.CH2Cl2.CH4.4Y/c1-16-12-23-21(22(15-26-23)24(29)17(2)28)14-20(16)25(30)27-10-8-19(9-11-27)13-18-6-4-3-5-7-18;1-15-11-21-19(20(14-26-21)22(28)23(25)29)13-18(15)24(30)27-9-7-17(8-10-27)12-16-5-3-2-4-6-16;1-15-11-21-19(20(14-25-21)22(27)24(29)30)13-18(15)23(28)26-9-7-17(8-10-26)12-16-5-3-2-4-6-16;1-16-13-21-19(7-10-23-21)15-20(16)22(25)24-11-8-18(9-12-24)14-17-5-3-2-4-6-17;1-7-4-2-6-3-5-7;1-2-4-6-5-3-1;1-2-3-4;2-1-3;;;;;/h4-7,12,14-15,19,26H,8-11,13H2,1-2H3;3-6,11,13-14,17,26H,7-10,12H2,1H3;3-6,11,13-14,17,25H,7-10,12H2,1H3,(H,29,30);3-7,10,13,15,18,23H,8-9,11-12,14H2,1H3;6H,2-5H2,1H3;6H,1-5H2;2-4H2,1H3;1H2;1H4;;;;/q4*-1;;;;;;;;;. The van der Waals surface area contributed by atoms with Gasteiger partial charge >= 0.3 is 5.97 Å². The van der Waals surface area contributed by atoms with Gasteiger partial charge < -0.3 is 65.9 Å². The number of aromatic amines is 4. The van der Waals surface area contributed by atoms with Crippen molar-refractivity contribution in [1.82, 2.24) is 55.1 Å². The number of ketones is 4. The van der Waals surface area contributed by atoms with Crippen LogP contribution in [0.3, 0.4) is 0 Å². The number of nitrogens with two attached hydrogens (primary N) is 1. The number of H-pyrrole nitrogens is 4. The maximum absolute atomic E-state index is 13.2. The van der Waals surface area contributed by atoms with Crippen molar-refractivity contribution in [3.8, 4) is 0 Å². The topological polar surface area (TPSA) is 320 Å². The number of rotatable bonds is 19. The van der Waals surface area contributed by atoms with E-state index in [4.69, 9.17) is 45.6 Å². The van der Waals surface area contributed by atoms with Gasteiger partial charge in [0.25, 0.3) is 34.7 Å². The summed E-state index contributed by atoms with van der Waals surface area (Å²) in [7, 11) is 2.15. The number of hydrogen-bond donors (Lipinski definition) is 8. The van der Waals surface area contributed by atoms with Crippen molar-refractivity contribution in [2.24, 2.45) is 29.4 Å². The minimum Gasteiger partial charge on any atom is -0.475 e. The average Bonchev–Trinajstić information content (AvgIpc) is 1.61. The van der Waals surface area contributed by atoms with Gasteiger partial charge in [-0.3, -0.25) is 43.2 Å². The van der Waals surface area contributed by atoms with Crippen molar-refractivity contribution in [2.45, 2.75) is 152 Å². The van der Waals surface area contributed by atoms with Gasteiger partial charge in [-0.25, -0.2) is 4.79 Å². The molecule has 0 aliphatic carbocycles. The molecule has 18 rings (SSSR count). The van der Waals surface area contributed by atoms with Gasteiger partial charge in [0.05, 0.1) is 22.0 Å². The van der Waals surface area contributed by atoms with Gasteiger partial charge in [-0.15, -0.1) is 23.2 Å². The summed E-state index contributed by atoms with van der Waals surface area (Å²) in [4.78, 5) is 145. The van der Waals surface area contributed by atoms with Gasteiger partial charge in [-0.05, 0) is 263 Å². The zero-order valence-corrected chi connectivity index (χ0v) is 94.6. The van der Waals surface area contributed by atoms with Gasteiger partial charge in [0.1, 0.15) is 0 Å². The first-order valence-electron chi connectivity index (χ1n) is 47.1. The molecule has 30 heteroatoms. The summed E-state index contributed by atoms with van der Waals surface area (Å²) >= 11 is 14.9. The number of hydrogen-bond acceptors (Lipinski definition) is 14. The number of aryl methyl sites for hydroxylation is 4. The molecule has 0 spiro atoms. The first kappa shape index (κ1) is 121. The number of carboxylic acid groups (broad SMARTS) is 1. The molecule has 6 aliphatic heterocycles. The molecular formula is C110H131Cl3N12O11Y4-4. The second kappa shape index (κ2) is 62.6. The van der Waals surface area contributed by atoms with Gasteiger partial charge in [0.15, 0.2) is 5.78 Å². The van der Waals surface area contributed by atoms with E-state index in [0.717, 1.165) is 174 Å². The number of halogens is 3. The molecule has 0 unspecified atom stereocenters. The summed E-state index contributed by atoms with van der Waals surface area (Å²) < 4.78 is 0. The molecule has 4 aromatic heterocycles. The van der Waals surface area contributed by atoms with Gasteiger partial charge in [0, 0.05) is 307 Å². The van der Waals surface area contributed by atoms with Crippen LogP contribution in [0.4, 0.5) is 0 Å². The molecule has 0 saturated carbocycles. The van der Waals surface area contributed by atoms with Crippen molar-refractivity contribution < 1.29 is 184 Å². The molecule has 12 aromatic rings. The van der Waals surface area contributed by atoms with Crippen molar-refractivity contribution >= 4 is 136 Å². The number of nitrogens with one attached hydrogen (secondary N) is 6. The Morgan fingerprint density at radius 2 is 0.671 bits per heavy atom. The smallest absolute Gasteiger partial charge is 0.377 e. The minimum atomic E-state index is -1.51. The predicted octanol–water partition coefficient (Wildman–Crippen LogP) is 19.2. The SMILES string of the molecule is C.C1CCNCC1.CC(=O)C(=O)c1c[nH]c2cc(C)c(C(=O)N3CCC(Cc4cc[c-]cc4)CC3)cc12.CCCN.CN1CCNCC1.Cc1cc2[nH]cc(C(=O)C(=O)Cl)c2cc1C(=O)N1CCC(Cc2cc[c-]cc2)CC1.Cc1cc2[nH]cc(C(=O)C(=O)O)c2cc1C(=O)N1CCC(Cc2cc[c-]cc2)CC1.Cc1cc2[nH]ccc2cc1C(=O)N1CCC(Cc2cc[c-]cc2)CC1.ClCCl.[Y].[Y].[Y].[Y]. The molecule has 4 radical (unpaired) electrons. The molecule has 140 heavy (non-hydrogen) atoms. The number of carbonyl (C=O) groups excluding carboxylic acids is 9. The average molecular weight is 2260 g/mol. The van der Waals surface area contributed by atoms with Crippen LogP contribution in [0.5, 0.6) is 0 Å². The number of likely N-dealkylation sites (tertiary alicyclic amines) is 4. The van der Waals surface area contributed by atoms with Crippen LogP contribution in [0.1, 0.15) is 215 Å². The van der Waals surface area contributed by atoms with Crippen molar-refractivity contribution in [3.05, 3.63) is 284 Å². The van der Waals surface area contributed by atoms with E-state index in [-0.39, 0.29) is 178 Å². The number of piperazine rings is 1. The van der Waals surface area contributed by atoms with Crippen LogP contribution in [0, 0.1) is 75.6 Å². The Balaban J connectivity index is 0.000000265. The molecule has 0 atom stereocenters. The monoisotopic (exact) mass is 2260 g/mol. The quantitative estimate of drug-likeness (QED) is 0.0123. The van der Waals surface area contributed by atoms with E-state index in [1.165, 1.54) is 87.0 Å². The molecule has 9 N–H and O–H groups in total. The molecule has 6 aliphatic rings. The molecular weight excluding hydrogens is 2130 g/mol. The maximum atomic E-state index is 13.2. The van der Waals surface area contributed by atoms with Crippen molar-refractivity contribution in [2.75, 3.05) is 111 Å². The van der Waals surface area contributed by atoms with E-state index >= 15 is 0 Å². The molecule has 0 bridgehead atoms. The van der Waals surface area contributed by atoms with Gasteiger partial charge in [-0.2, -0.15) is 144 Å². The number of amides is 4. The Bertz CT molecular complexity index is 5520. The summed E-state index contributed by atoms with van der Waals surface area (Å²) in [6.07, 6.45) is 23.7. The predicted molar refractivity (Wildman–Crippen MR) is 544 cm³/mol. The maximum Gasteiger partial charge on any atom is 0.377 e. The Hall–Kier alpha value is -7.25. The number of aromatic nitrogens is 4. The fraction of sp³-hybridized carbons (Fsp3) is 0.400. The minimum absolute atomic E-state index is 0. The molecule has 23 nitrogen and oxygen atoms in total. The number of likely N-dealkylation sites (N-methyl/N-ethyl adjacent to an activating group) is 1. The third-order valence-corrected chi connectivity index (χ3v) is 26.2. The Morgan fingerprint density at radius 3 is 0.921 bits per heavy atom. The number of aliphatic carboxylic acids is 1. The zero-order chi connectivity index (χ0) is 96.5. The fourth-order valence-electron chi connectivity index (χ4n) is 18.1. The molecule has 8 aromatic carbocycles. The van der Waals surface area contributed by atoms with Crippen LogP contribution in [0.2, 0.25) is 0 Å². The number of Topliss-reactive ketones (excluding diaryl/α,β-unsaturated/α-hetero) is 4. The zero-order valence-electron chi connectivity index (χ0n) is 81.0. The van der Waals surface area contributed by atoms with Crippen LogP contribution < -0.4 is 16.4 Å². The van der Waals surface area contributed by atoms with Crippen LogP contribution in [0.25, 0.3) is 43.6 Å². The Labute approximate surface area is 940 Å². The van der Waals surface area contributed by atoms with Crippen molar-refractivity contribution in [1.29, 1.82) is 0 Å². The van der Waals surface area contributed by atoms with Crippen molar-refractivity contribution in [3.63, 3.8) is 0 Å². The van der Waals surface area contributed by atoms with Gasteiger partial charge in [0.2, 0.25) is 11.6 Å². The normalized spacial score (nSPS) is 14.9. The first-order valence-corrected chi connectivity index (χ1v) is 48.6.